The van der Waals surface area contributed by atoms with Gasteiger partial charge in [0.25, 0.3) is 0 Å². The molecule has 2 rings (SSSR count). The van der Waals surface area contributed by atoms with E-state index in [2.05, 4.69) is 10.6 Å². The van der Waals surface area contributed by atoms with Gasteiger partial charge in [-0.15, -0.1) is 12.4 Å². The van der Waals surface area contributed by atoms with Crippen LogP contribution in [0.2, 0.25) is 0 Å². The van der Waals surface area contributed by atoms with Gasteiger partial charge in [0.05, 0.1) is 12.7 Å². The summed E-state index contributed by atoms with van der Waals surface area (Å²) in [6.07, 6.45) is 0. The number of carbonyl (C=O) groups excluding carboxylic acids is 1. The van der Waals surface area contributed by atoms with E-state index in [0.717, 1.165) is 25.2 Å². The van der Waals surface area contributed by atoms with Crippen LogP contribution >= 0.6 is 12.4 Å². The molecule has 0 unspecified atom stereocenters. The summed E-state index contributed by atoms with van der Waals surface area (Å²) in [6, 6.07) is 7.84. The molecule has 1 atom stereocenters. The monoisotopic (exact) mass is 256 g/mol. The lowest BCUT2D eigenvalue weighted by Crippen LogP contribution is -2.42. The Labute approximate surface area is 107 Å². The van der Waals surface area contributed by atoms with Gasteiger partial charge in [0.1, 0.15) is 0 Å². The first-order chi connectivity index (χ1) is 7.81. The van der Waals surface area contributed by atoms with Crippen molar-refractivity contribution in [1.82, 2.24) is 10.6 Å². The second-order valence-electron chi connectivity index (χ2n) is 3.83. The summed E-state index contributed by atoms with van der Waals surface area (Å²) in [5, 5.41) is 6.72. The molecule has 1 saturated heterocycles. The van der Waals surface area contributed by atoms with Crippen LogP contribution in [-0.4, -0.2) is 32.7 Å². The van der Waals surface area contributed by atoms with E-state index in [-0.39, 0.29) is 24.4 Å². The van der Waals surface area contributed by atoms with Gasteiger partial charge in [0.15, 0.2) is 0 Å². The minimum atomic E-state index is -0.286. The van der Waals surface area contributed by atoms with Crippen molar-refractivity contribution >= 4 is 18.4 Å². The zero-order chi connectivity index (χ0) is 11.4. The maximum Gasteiger partial charge on any atom is 0.337 e. The second kappa shape index (κ2) is 6.59. The van der Waals surface area contributed by atoms with Gasteiger partial charge in [-0.05, 0) is 17.7 Å². The highest BCUT2D eigenvalue weighted by Gasteiger charge is 2.15. The van der Waals surface area contributed by atoms with Crippen LogP contribution in [0.15, 0.2) is 24.3 Å². The Bertz CT molecular complexity index is 379. The number of hydrogen-bond donors (Lipinski definition) is 2. The molecule has 94 valence electrons. The van der Waals surface area contributed by atoms with Crippen molar-refractivity contribution < 1.29 is 9.53 Å². The lowest BCUT2D eigenvalue weighted by Gasteiger charge is -2.25. The number of hydrogen-bond acceptors (Lipinski definition) is 4. The van der Waals surface area contributed by atoms with Crippen LogP contribution in [0.1, 0.15) is 22.0 Å². The fourth-order valence-electron chi connectivity index (χ4n) is 1.89. The number of methoxy groups -OCH3 is 1. The molecule has 1 aromatic carbocycles. The lowest BCUT2D eigenvalue weighted by molar-refractivity contribution is 0.0600. The van der Waals surface area contributed by atoms with Gasteiger partial charge < -0.3 is 15.4 Å². The summed E-state index contributed by atoms with van der Waals surface area (Å²) in [4.78, 5) is 11.4. The molecule has 5 heteroatoms. The van der Waals surface area contributed by atoms with E-state index in [9.17, 15) is 4.79 Å². The molecule has 0 bridgehead atoms. The fourth-order valence-corrected chi connectivity index (χ4v) is 1.89. The lowest BCUT2D eigenvalue weighted by atomic mass is 10.0. The Kier molecular flexibility index (Phi) is 5.41. The Morgan fingerprint density at radius 3 is 2.88 bits per heavy atom. The number of carbonyl (C=O) groups is 1. The maximum absolute atomic E-state index is 11.4. The molecule has 1 fully saturated rings. The number of piperazine rings is 1. The molecule has 0 amide bonds. The van der Waals surface area contributed by atoms with Crippen LogP contribution in [0.5, 0.6) is 0 Å². The van der Waals surface area contributed by atoms with E-state index in [0.29, 0.717) is 5.56 Å². The van der Waals surface area contributed by atoms with Crippen LogP contribution < -0.4 is 10.6 Å². The smallest absolute Gasteiger partial charge is 0.337 e. The maximum atomic E-state index is 11.4. The van der Waals surface area contributed by atoms with Crippen LogP contribution in [0.25, 0.3) is 0 Å². The Morgan fingerprint density at radius 1 is 1.41 bits per heavy atom. The predicted molar refractivity (Wildman–Crippen MR) is 68.6 cm³/mol. The first kappa shape index (κ1) is 14.0. The van der Waals surface area contributed by atoms with Gasteiger partial charge in [-0.2, -0.15) is 0 Å². The summed E-state index contributed by atoms with van der Waals surface area (Å²) in [5.41, 5.74) is 1.72. The fraction of sp³-hybridized carbons (Fsp3) is 0.417. The van der Waals surface area contributed by atoms with Gasteiger partial charge in [-0.3, -0.25) is 0 Å². The quantitative estimate of drug-likeness (QED) is 0.779. The molecule has 0 radical (unpaired) electrons. The minimum absolute atomic E-state index is 0. The Morgan fingerprint density at radius 2 is 2.24 bits per heavy atom. The third kappa shape index (κ3) is 3.43. The van der Waals surface area contributed by atoms with Crippen molar-refractivity contribution in [3.8, 4) is 0 Å². The highest BCUT2D eigenvalue weighted by molar-refractivity contribution is 5.89. The van der Waals surface area contributed by atoms with Gasteiger partial charge in [-0.1, -0.05) is 12.1 Å². The molecule has 1 aliphatic rings. The summed E-state index contributed by atoms with van der Waals surface area (Å²) in [5.74, 6) is -0.286. The van der Waals surface area contributed by atoms with Gasteiger partial charge in [0, 0.05) is 25.7 Å². The van der Waals surface area contributed by atoms with Crippen LogP contribution in [-0.2, 0) is 4.74 Å². The zero-order valence-corrected chi connectivity index (χ0v) is 10.5. The van der Waals surface area contributed by atoms with Gasteiger partial charge in [0.2, 0.25) is 0 Å². The summed E-state index contributed by atoms with van der Waals surface area (Å²) in [7, 11) is 1.40. The van der Waals surface area contributed by atoms with Crippen LogP contribution in [0.3, 0.4) is 0 Å². The molecule has 1 heterocycles. The van der Waals surface area contributed by atoms with E-state index >= 15 is 0 Å². The molecule has 0 aromatic heterocycles. The summed E-state index contributed by atoms with van der Waals surface area (Å²) >= 11 is 0. The molecule has 17 heavy (non-hydrogen) atoms. The summed E-state index contributed by atoms with van der Waals surface area (Å²) < 4.78 is 4.70. The molecule has 0 spiro atoms. The van der Waals surface area contributed by atoms with E-state index in [4.69, 9.17) is 4.74 Å². The number of ether oxygens (including phenoxy) is 1. The number of benzene rings is 1. The summed E-state index contributed by atoms with van der Waals surface area (Å²) in [6.45, 7) is 2.84. The number of esters is 1. The number of nitrogens with one attached hydrogen (secondary N) is 2. The van der Waals surface area contributed by atoms with Crippen molar-refractivity contribution in [2.75, 3.05) is 26.7 Å². The van der Waals surface area contributed by atoms with Gasteiger partial charge in [-0.25, -0.2) is 4.79 Å². The van der Waals surface area contributed by atoms with Crippen molar-refractivity contribution in [3.05, 3.63) is 35.4 Å². The van der Waals surface area contributed by atoms with Crippen molar-refractivity contribution in [3.63, 3.8) is 0 Å². The molecule has 4 nitrogen and oxygen atoms in total. The highest BCUT2D eigenvalue weighted by Crippen LogP contribution is 2.15. The topological polar surface area (TPSA) is 50.4 Å². The minimum Gasteiger partial charge on any atom is -0.465 e. The molecule has 2 N–H and O–H groups in total. The van der Waals surface area contributed by atoms with E-state index in [1.165, 1.54) is 7.11 Å². The van der Waals surface area contributed by atoms with Crippen LogP contribution in [0, 0.1) is 0 Å². The number of halogens is 1. The largest absolute Gasteiger partial charge is 0.465 e. The third-order valence-corrected chi connectivity index (χ3v) is 2.75. The third-order valence-electron chi connectivity index (χ3n) is 2.75. The van der Waals surface area contributed by atoms with E-state index in [1.807, 2.05) is 18.2 Å². The number of rotatable bonds is 2. The molecule has 1 aromatic rings. The molecular formula is C12H17ClN2O2. The second-order valence-corrected chi connectivity index (χ2v) is 3.83. The standard InChI is InChI=1S/C12H16N2O2.ClH/c1-16-12(15)10-4-2-3-9(7-10)11-8-13-5-6-14-11;/h2-4,7,11,13-14H,5-6,8H2,1H3;1H/t11-;/m0./s1. The average Bonchev–Trinajstić information content (AvgIpc) is 2.39. The van der Waals surface area contributed by atoms with Crippen molar-refractivity contribution in [2.45, 2.75) is 6.04 Å². The molecule has 0 aliphatic carbocycles. The van der Waals surface area contributed by atoms with Gasteiger partial charge >= 0.3 is 5.97 Å². The Hall–Kier alpha value is -1.10. The van der Waals surface area contributed by atoms with Crippen LogP contribution in [0.4, 0.5) is 0 Å². The molecule has 0 saturated carbocycles. The molecular weight excluding hydrogens is 240 g/mol. The van der Waals surface area contributed by atoms with E-state index in [1.54, 1.807) is 6.07 Å². The highest BCUT2D eigenvalue weighted by atomic mass is 35.5. The van der Waals surface area contributed by atoms with Crippen molar-refractivity contribution in [2.24, 2.45) is 0 Å². The predicted octanol–water partition coefficient (Wildman–Crippen LogP) is 1.13. The average molecular weight is 257 g/mol. The zero-order valence-electron chi connectivity index (χ0n) is 9.73. The first-order valence-corrected chi connectivity index (χ1v) is 5.43. The Balaban J connectivity index is 0.00000144. The van der Waals surface area contributed by atoms with E-state index < -0.39 is 0 Å². The van der Waals surface area contributed by atoms with Crippen molar-refractivity contribution in [1.29, 1.82) is 0 Å². The normalized spacial score (nSPS) is 19.2. The SMILES string of the molecule is COC(=O)c1cccc([C@@H]2CNCCN2)c1.Cl. The molecule has 1 aliphatic heterocycles. The first-order valence-electron chi connectivity index (χ1n) is 5.43.